The third-order valence-electron chi connectivity index (χ3n) is 2.99. The Labute approximate surface area is 89.7 Å². The van der Waals surface area contributed by atoms with Crippen molar-refractivity contribution < 1.29 is 14.7 Å². The molecule has 0 spiro atoms. The van der Waals surface area contributed by atoms with E-state index < -0.39 is 6.61 Å². The maximum Gasteiger partial charge on any atom is 0.248 e. The quantitative estimate of drug-likeness (QED) is 0.671. The van der Waals surface area contributed by atoms with Crippen LogP contribution in [-0.2, 0) is 9.59 Å². The van der Waals surface area contributed by atoms with Gasteiger partial charge in [-0.2, -0.15) is 0 Å². The van der Waals surface area contributed by atoms with Crippen LogP contribution < -0.4 is 0 Å². The van der Waals surface area contributed by atoms with Gasteiger partial charge in [0.25, 0.3) is 0 Å². The molecule has 1 fully saturated rings. The lowest BCUT2D eigenvalue weighted by Crippen LogP contribution is -2.47. The minimum Gasteiger partial charge on any atom is -0.387 e. The van der Waals surface area contributed by atoms with Crippen molar-refractivity contribution in [3.8, 4) is 0 Å². The van der Waals surface area contributed by atoms with Crippen molar-refractivity contribution in [1.29, 1.82) is 0 Å². The smallest absolute Gasteiger partial charge is 0.248 e. The van der Waals surface area contributed by atoms with Gasteiger partial charge in [-0.3, -0.25) is 9.59 Å². The molecule has 0 unspecified atom stereocenters. The summed E-state index contributed by atoms with van der Waals surface area (Å²) in [6.45, 7) is 2.51. The zero-order valence-electron chi connectivity index (χ0n) is 9.27. The van der Waals surface area contributed by atoms with Gasteiger partial charge in [0.2, 0.25) is 11.8 Å². The summed E-state index contributed by atoms with van der Waals surface area (Å²) in [7, 11) is 1.70. The minimum atomic E-state index is -0.441. The molecule has 1 N–H and O–H groups in total. The molecule has 0 radical (unpaired) electrons. The third-order valence-corrected chi connectivity index (χ3v) is 2.99. The second-order valence-corrected chi connectivity index (χ2v) is 3.90. The van der Waals surface area contributed by atoms with Crippen LogP contribution in [0.5, 0.6) is 0 Å². The lowest BCUT2D eigenvalue weighted by molar-refractivity contribution is -0.136. The van der Waals surface area contributed by atoms with Gasteiger partial charge >= 0.3 is 0 Å². The Balaban J connectivity index is 2.43. The second kappa shape index (κ2) is 5.11. The van der Waals surface area contributed by atoms with Crippen LogP contribution in [-0.4, -0.2) is 59.5 Å². The highest BCUT2D eigenvalue weighted by molar-refractivity contribution is 5.77. The summed E-state index contributed by atoms with van der Waals surface area (Å²) in [6.07, 6.45) is 1.59. The van der Waals surface area contributed by atoms with E-state index in [-0.39, 0.29) is 17.9 Å². The summed E-state index contributed by atoms with van der Waals surface area (Å²) in [5.41, 5.74) is 0. The first kappa shape index (κ1) is 12.0. The molecule has 0 saturated carbocycles. The average Bonchev–Trinajstić information content (AvgIpc) is 2.27. The molecule has 1 aliphatic rings. The highest BCUT2D eigenvalue weighted by Crippen LogP contribution is 2.15. The summed E-state index contributed by atoms with van der Waals surface area (Å²) in [5, 5.41) is 8.72. The highest BCUT2D eigenvalue weighted by atomic mass is 16.3. The number of likely N-dealkylation sites (tertiary alicyclic amines) is 1. The minimum absolute atomic E-state index is 0.0876. The van der Waals surface area contributed by atoms with Gasteiger partial charge in [-0.25, -0.2) is 0 Å². The number of amides is 2. The van der Waals surface area contributed by atoms with E-state index in [1.54, 1.807) is 23.8 Å². The molecule has 1 saturated heterocycles. The zero-order valence-corrected chi connectivity index (χ0v) is 9.27. The fourth-order valence-corrected chi connectivity index (χ4v) is 1.88. The maximum absolute atomic E-state index is 11.2. The van der Waals surface area contributed by atoms with Gasteiger partial charge in [-0.05, 0) is 12.8 Å². The first-order chi connectivity index (χ1) is 7.06. The Kier molecular flexibility index (Phi) is 4.08. The van der Waals surface area contributed by atoms with E-state index in [0.29, 0.717) is 13.1 Å². The van der Waals surface area contributed by atoms with Crippen molar-refractivity contribution >= 4 is 11.8 Å². The van der Waals surface area contributed by atoms with Crippen LogP contribution in [0, 0.1) is 0 Å². The Morgan fingerprint density at radius 3 is 2.33 bits per heavy atom. The number of likely N-dealkylation sites (N-methyl/N-ethyl adjacent to an activating group) is 1. The van der Waals surface area contributed by atoms with Crippen LogP contribution in [0.2, 0.25) is 0 Å². The summed E-state index contributed by atoms with van der Waals surface area (Å²) < 4.78 is 0. The van der Waals surface area contributed by atoms with E-state index in [0.717, 1.165) is 12.8 Å². The van der Waals surface area contributed by atoms with Crippen LogP contribution in [0.15, 0.2) is 0 Å². The summed E-state index contributed by atoms with van der Waals surface area (Å²) >= 11 is 0. The average molecular weight is 214 g/mol. The van der Waals surface area contributed by atoms with Gasteiger partial charge in [0.05, 0.1) is 0 Å². The molecule has 0 aliphatic carbocycles. The molecule has 1 rings (SSSR count). The number of hydrogen-bond donors (Lipinski definition) is 1. The normalized spacial score (nSPS) is 17.7. The van der Waals surface area contributed by atoms with E-state index in [2.05, 4.69) is 0 Å². The number of carbonyl (C=O) groups excluding carboxylic acids is 2. The third kappa shape index (κ3) is 2.92. The number of aliphatic hydroxyl groups excluding tert-OH is 1. The van der Waals surface area contributed by atoms with E-state index in [4.69, 9.17) is 5.11 Å². The summed E-state index contributed by atoms with van der Waals surface area (Å²) in [6, 6.07) is 0.153. The summed E-state index contributed by atoms with van der Waals surface area (Å²) in [5.74, 6) is -0.166. The van der Waals surface area contributed by atoms with Crippen LogP contribution >= 0.6 is 0 Å². The number of hydrogen-bond acceptors (Lipinski definition) is 3. The molecular weight excluding hydrogens is 196 g/mol. The molecule has 2 amide bonds. The van der Waals surface area contributed by atoms with Gasteiger partial charge in [0.1, 0.15) is 6.61 Å². The summed E-state index contributed by atoms with van der Waals surface area (Å²) in [4.78, 5) is 25.7. The molecule has 1 heterocycles. The molecule has 0 aromatic heterocycles. The fourth-order valence-electron chi connectivity index (χ4n) is 1.88. The van der Waals surface area contributed by atoms with Crippen molar-refractivity contribution in [1.82, 2.24) is 9.80 Å². The van der Waals surface area contributed by atoms with Crippen molar-refractivity contribution in [2.24, 2.45) is 0 Å². The fraction of sp³-hybridized carbons (Fsp3) is 0.800. The van der Waals surface area contributed by atoms with Gasteiger partial charge in [0, 0.05) is 33.1 Å². The van der Waals surface area contributed by atoms with E-state index in [1.807, 2.05) is 0 Å². The van der Waals surface area contributed by atoms with Gasteiger partial charge in [0.15, 0.2) is 0 Å². The first-order valence-corrected chi connectivity index (χ1v) is 5.18. The van der Waals surface area contributed by atoms with Gasteiger partial charge < -0.3 is 14.9 Å². The van der Waals surface area contributed by atoms with Crippen molar-refractivity contribution in [2.75, 3.05) is 26.7 Å². The van der Waals surface area contributed by atoms with E-state index in [9.17, 15) is 9.59 Å². The highest BCUT2D eigenvalue weighted by Gasteiger charge is 2.25. The molecule has 5 nitrogen and oxygen atoms in total. The molecule has 5 heteroatoms. The largest absolute Gasteiger partial charge is 0.387 e. The van der Waals surface area contributed by atoms with Crippen LogP contribution in [0.1, 0.15) is 19.8 Å². The van der Waals surface area contributed by atoms with E-state index in [1.165, 1.54) is 0 Å². The SMILES string of the molecule is CC(=O)N1CCC(N(C)C(=O)CO)CC1. The predicted octanol–water partition coefficient (Wildman–Crippen LogP) is -0.552. The molecule has 15 heavy (non-hydrogen) atoms. The number of piperidine rings is 1. The topological polar surface area (TPSA) is 60.9 Å². The maximum atomic E-state index is 11.2. The van der Waals surface area contributed by atoms with Crippen LogP contribution in [0.25, 0.3) is 0 Å². The Hall–Kier alpha value is -1.10. The van der Waals surface area contributed by atoms with Crippen molar-refractivity contribution in [3.63, 3.8) is 0 Å². The Morgan fingerprint density at radius 2 is 1.93 bits per heavy atom. The first-order valence-electron chi connectivity index (χ1n) is 5.18. The predicted molar refractivity (Wildman–Crippen MR) is 55.1 cm³/mol. The van der Waals surface area contributed by atoms with Crippen LogP contribution in [0.3, 0.4) is 0 Å². The van der Waals surface area contributed by atoms with Crippen LogP contribution in [0.4, 0.5) is 0 Å². The Morgan fingerprint density at radius 1 is 1.40 bits per heavy atom. The lowest BCUT2D eigenvalue weighted by Gasteiger charge is -2.36. The molecule has 1 aliphatic heterocycles. The number of carbonyl (C=O) groups is 2. The molecule has 0 aromatic carbocycles. The molecule has 0 aromatic rings. The zero-order chi connectivity index (χ0) is 11.4. The monoisotopic (exact) mass is 214 g/mol. The number of aliphatic hydroxyl groups is 1. The second-order valence-electron chi connectivity index (χ2n) is 3.90. The lowest BCUT2D eigenvalue weighted by atomic mass is 10.0. The molecule has 0 bridgehead atoms. The van der Waals surface area contributed by atoms with Crippen molar-refractivity contribution in [2.45, 2.75) is 25.8 Å². The molecule has 0 atom stereocenters. The molecule has 86 valence electrons. The van der Waals surface area contributed by atoms with Gasteiger partial charge in [-0.1, -0.05) is 0 Å². The Bertz CT molecular complexity index is 247. The van der Waals surface area contributed by atoms with Gasteiger partial charge in [-0.15, -0.1) is 0 Å². The number of nitrogens with zero attached hydrogens (tertiary/aromatic N) is 2. The molecular formula is C10H18N2O3. The van der Waals surface area contributed by atoms with E-state index >= 15 is 0 Å². The standard InChI is InChI=1S/C10H18N2O3/c1-8(14)12-5-3-9(4-6-12)11(2)10(15)7-13/h9,13H,3-7H2,1-2H3. The number of rotatable bonds is 2. The van der Waals surface area contributed by atoms with Crippen molar-refractivity contribution in [3.05, 3.63) is 0 Å².